The molecule has 1 fully saturated rings. The maximum atomic E-state index is 13.4. The number of nitrogens with one attached hydrogen (secondary N) is 2. The molecule has 9 nitrogen and oxygen atoms in total. The predicted octanol–water partition coefficient (Wildman–Crippen LogP) is 3.26. The highest BCUT2D eigenvalue weighted by atomic mass is 19.1. The van der Waals surface area contributed by atoms with Crippen molar-refractivity contribution in [1.82, 2.24) is 24.6 Å². The second-order valence-corrected chi connectivity index (χ2v) is 8.37. The van der Waals surface area contributed by atoms with E-state index in [4.69, 9.17) is 0 Å². The summed E-state index contributed by atoms with van der Waals surface area (Å²) in [6.45, 7) is 0.461. The second kappa shape index (κ2) is 7.80. The number of halogens is 1. The molecule has 1 aliphatic heterocycles. The number of aromatic nitrogens is 5. The first-order valence-corrected chi connectivity index (χ1v) is 10.9. The molecule has 0 bridgehead atoms. The summed E-state index contributed by atoms with van der Waals surface area (Å²) >= 11 is 0. The molecular weight excluding hydrogens is 423 g/mol. The summed E-state index contributed by atoms with van der Waals surface area (Å²) < 4.78 is 14.9. The highest BCUT2D eigenvalue weighted by molar-refractivity contribution is 6.09. The lowest BCUT2D eigenvalue weighted by Crippen LogP contribution is -2.24. The average molecular weight is 444 g/mol. The number of anilines is 3. The minimum absolute atomic E-state index is 0.0476. The molecule has 1 aliphatic carbocycles. The lowest BCUT2D eigenvalue weighted by atomic mass is 10.2. The van der Waals surface area contributed by atoms with Crippen LogP contribution in [0.1, 0.15) is 35.3 Å². The molecule has 4 aromatic rings. The number of amides is 1. The third-order valence-electron chi connectivity index (χ3n) is 6.15. The van der Waals surface area contributed by atoms with E-state index in [1.807, 2.05) is 12.1 Å². The van der Waals surface area contributed by atoms with Gasteiger partial charge >= 0.3 is 0 Å². The molecule has 1 amide bonds. The topological polar surface area (TPSA) is 100 Å². The van der Waals surface area contributed by atoms with Gasteiger partial charge < -0.3 is 15.5 Å². The van der Waals surface area contributed by atoms with Gasteiger partial charge in [0.25, 0.3) is 5.91 Å². The van der Waals surface area contributed by atoms with Gasteiger partial charge in [0.2, 0.25) is 5.95 Å². The van der Waals surface area contributed by atoms with Crippen LogP contribution < -0.4 is 15.5 Å². The van der Waals surface area contributed by atoms with Crippen LogP contribution in [0.2, 0.25) is 0 Å². The molecule has 10 heteroatoms. The van der Waals surface area contributed by atoms with Gasteiger partial charge in [-0.25, -0.2) is 13.9 Å². The minimum atomic E-state index is -0.333. The third kappa shape index (κ3) is 3.73. The molecule has 2 N–H and O–H groups in total. The Labute approximate surface area is 188 Å². The SMILES string of the molecule is O=C1c2cccnc2CN1c1ccc(N[C@H]2CC[C@H](Nc3nc4cc(F)ccn4n3)C2)nc1. The van der Waals surface area contributed by atoms with Gasteiger partial charge in [0.15, 0.2) is 5.65 Å². The van der Waals surface area contributed by atoms with Crippen LogP contribution in [0.25, 0.3) is 5.65 Å². The van der Waals surface area contributed by atoms with Crippen molar-refractivity contribution in [2.45, 2.75) is 37.9 Å². The van der Waals surface area contributed by atoms with Crippen LogP contribution in [0.15, 0.2) is 55.0 Å². The second-order valence-electron chi connectivity index (χ2n) is 8.37. The van der Waals surface area contributed by atoms with E-state index in [-0.39, 0.29) is 23.8 Å². The fraction of sp³-hybridized carbons (Fsp3) is 0.261. The first-order valence-electron chi connectivity index (χ1n) is 10.9. The molecule has 4 aromatic heterocycles. The smallest absolute Gasteiger partial charge is 0.260 e. The summed E-state index contributed by atoms with van der Waals surface area (Å²) in [5.41, 5.74) is 2.67. The molecule has 0 unspecified atom stereocenters. The fourth-order valence-corrected chi connectivity index (χ4v) is 4.52. The fourth-order valence-electron chi connectivity index (χ4n) is 4.52. The lowest BCUT2D eigenvalue weighted by Gasteiger charge is -2.17. The van der Waals surface area contributed by atoms with E-state index >= 15 is 0 Å². The zero-order valence-corrected chi connectivity index (χ0v) is 17.6. The predicted molar refractivity (Wildman–Crippen MR) is 121 cm³/mol. The van der Waals surface area contributed by atoms with Crippen molar-refractivity contribution in [2.75, 3.05) is 15.5 Å². The summed E-state index contributed by atoms with van der Waals surface area (Å²) in [5.74, 6) is 0.890. The first-order chi connectivity index (χ1) is 16.1. The average Bonchev–Trinajstić information content (AvgIpc) is 3.52. The van der Waals surface area contributed by atoms with Gasteiger partial charge in [0, 0.05) is 30.5 Å². The Hall–Kier alpha value is -4.08. The van der Waals surface area contributed by atoms with Gasteiger partial charge in [-0.05, 0) is 49.6 Å². The molecule has 0 spiro atoms. The quantitative estimate of drug-likeness (QED) is 0.487. The highest BCUT2D eigenvalue weighted by Gasteiger charge is 2.30. The lowest BCUT2D eigenvalue weighted by molar-refractivity contribution is 0.0996. The van der Waals surface area contributed by atoms with E-state index < -0.39 is 0 Å². The Kier molecular flexibility index (Phi) is 4.63. The molecule has 0 radical (unpaired) electrons. The number of carbonyl (C=O) groups is 1. The van der Waals surface area contributed by atoms with Gasteiger partial charge in [-0.15, -0.1) is 5.10 Å². The molecule has 2 aliphatic rings. The van der Waals surface area contributed by atoms with E-state index in [2.05, 4.69) is 30.7 Å². The maximum Gasteiger partial charge on any atom is 0.260 e. The molecule has 6 rings (SSSR count). The van der Waals surface area contributed by atoms with Crippen LogP contribution in [0.4, 0.5) is 21.8 Å². The summed E-state index contributed by atoms with van der Waals surface area (Å²) in [7, 11) is 0. The van der Waals surface area contributed by atoms with Gasteiger partial charge in [0.1, 0.15) is 11.6 Å². The Morgan fingerprint density at radius 1 is 1.06 bits per heavy atom. The van der Waals surface area contributed by atoms with Crippen LogP contribution in [-0.2, 0) is 6.54 Å². The number of nitrogens with zero attached hydrogens (tertiary/aromatic N) is 6. The highest BCUT2D eigenvalue weighted by Crippen LogP contribution is 2.28. The van der Waals surface area contributed by atoms with E-state index in [9.17, 15) is 9.18 Å². The van der Waals surface area contributed by atoms with Gasteiger partial charge in [-0.2, -0.15) is 4.98 Å². The zero-order valence-electron chi connectivity index (χ0n) is 17.6. The summed E-state index contributed by atoms with van der Waals surface area (Å²) in [6.07, 6.45) is 7.81. The van der Waals surface area contributed by atoms with Crippen molar-refractivity contribution in [3.8, 4) is 0 Å². The molecule has 166 valence electrons. The van der Waals surface area contributed by atoms with E-state index in [0.717, 1.165) is 36.5 Å². The standard InChI is InChI=1S/C23H21FN8O/c24-14-7-9-32-21(10-14)29-23(30-32)28-16-4-3-15(11-16)27-20-6-5-17(12-26-20)31-13-19-18(22(31)33)2-1-8-25-19/h1-2,5-10,12,15-16H,3-4,11,13H2,(H,26,27)(H,28,30)/t15-,16-/m0/s1. The molecule has 33 heavy (non-hydrogen) atoms. The number of fused-ring (bicyclic) bond motifs is 2. The van der Waals surface area contributed by atoms with Crippen molar-refractivity contribution in [2.24, 2.45) is 0 Å². The summed E-state index contributed by atoms with van der Waals surface area (Å²) in [6, 6.07) is 10.6. The molecule has 1 saturated carbocycles. The monoisotopic (exact) mass is 444 g/mol. The number of hydrogen-bond acceptors (Lipinski definition) is 7. The first kappa shape index (κ1) is 19.6. The van der Waals surface area contributed by atoms with Gasteiger partial charge in [-0.3, -0.25) is 9.78 Å². The Morgan fingerprint density at radius 2 is 1.94 bits per heavy atom. The number of hydrogen-bond donors (Lipinski definition) is 2. The van der Waals surface area contributed by atoms with Crippen molar-refractivity contribution in [3.63, 3.8) is 0 Å². The van der Waals surface area contributed by atoms with Crippen LogP contribution in [0.5, 0.6) is 0 Å². The van der Waals surface area contributed by atoms with Crippen molar-refractivity contribution >= 4 is 29.0 Å². The number of rotatable bonds is 5. The zero-order chi connectivity index (χ0) is 22.4. The van der Waals surface area contributed by atoms with E-state index in [1.54, 1.807) is 40.1 Å². The van der Waals surface area contributed by atoms with E-state index in [0.29, 0.717) is 23.7 Å². The molecule has 0 aromatic carbocycles. The Bertz CT molecular complexity index is 1340. The molecule has 0 saturated heterocycles. The van der Waals surface area contributed by atoms with Crippen molar-refractivity contribution in [3.05, 3.63) is 72.1 Å². The van der Waals surface area contributed by atoms with Crippen LogP contribution in [0, 0.1) is 5.82 Å². The van der Waals surface area contributed by atoms with Crippen LogP contribution in [0.3, 0.4) is 0 Å². The molecule has 5 heterocycles. The summed E-state index contributed by atoms with van der Waals surface area (Å²) in [4.78, 5) is 27.5. The van der Waals surface area contributed by atoms with Crippen LogP contribution in [-0.4, -0.2) is 42.6 Å². The number of carbonyl (C=O) groups excluding carboxylic acids is 1. The molecule has 2 atom stereocenters. The van der Waals surface area contributed by atoms with Crippen LogP contribution >= 0.6 is 0 Å². The third-order valence-corrected chi connectivity index (χ3v) is 6.15. The van der Waals surface area contributed by atoms with E-state index in [1.165, 1.54) is 12.1 Å². The van der Waals surface area contributed by atoms with Gasteiger partial charge in [0.05, 0.1) is 29.7 Å². The minimum Gasteiger partial charge on any atom is -0.367 e. The maximum absolute atomic E-state index is 13.4. The number of pyridine rings is 3. The Morgan fingerprint density at radius 3 is 2.76 bits per heavy atom. The van der Waals surface area contributed by atoms with Gasteiger partial charge in [-0.1, -0.05) is 0 Å². The molecular formula is C23H21FN8O. The van der Waals surface area contributed by atoms with Crippen molar-refractivity contribution < 1.29 is 9.18 Å². The normalized spacial score (nSPS) is 19.8. The van der Waals surface area contributed by atoms with Crippen molar-refractivity contribution in [1.29, 1.82) is 0 Å². The largest absolute Gasteiger partial charge is 0.367 e. The Balaban J connectivity index is 1.07. The summed E-state index contributed by atoms with van der Waals surface area (Å²) in [5, 5.41) is 11.2.